The van der Waals surface area contributed by atoms with E-state index in [1.165, 1.54) is 31.4 Å². The number of nitrogens with zero attached hydrogens (tertiary/aromatic N) is 3. The largest absolute Gasteiger partial charge is 0.507 e. The molecule has 12 heteroatoms. The Morgan fingerprint density at radius 2 is 1.84 bits per heavy atom. The van der Waals surface area contributed by atoms with Gasteiger partial charge in [0.1, 0.15) is 10.8 Å². The van der Waals surface area contributed by atoms with Crippen molar-refractivity contribution in [1.82, 2.24) is 14.8 Å². The van der Waals surface area contributed by atoms with Gasteiger partial charge in [0, 0.05) is 31.5 Å². The van der Waals surface area contributed by atoms with Crippen LogP contribution in [-0.4, -0.2) is 77.6 Å². The number of rotatable bonds is 6. The van der Waals surface area contributed by atoms with Gasteiger partial charge in [-0.05, 0) is 37.5 Å². The highest BCUT2D eigenvalue weighted by molar-refractivity contribution is 6.47. The summed E-state index contributed by atoms with van der Waals surface area (Å²) in [6.07, 6.45) is 3.53. The number of amides is 2. The summed E-state index contributed by atoms with van der Waals surface area (Å²) >= 11 is 12.7. The number of methoxy groups -OCH3 is 2. The van der Waals surface area contributed by atoms with Crippen LogP contribution in [0, 0.1) is 0 Å². The quantitative estimate of drug-likeness (QED) is 0.311. The summed E-state index contributed by atoms with van der Waals surface area (Å²) in [5.74, 6) is -1.95. The Kier molecular flexibility index (Phi) is 8.32. The van der Waals surface area contributed by atoms with Gasteiger partial charge in [-0.25, -0.2) is 4.79 Å². The topological polar surface area (TPSA) is 119 Å². The monoisotopic (exact) mass is 563 g/mol. The van der Waals surface area contributed by atoms with Gasteiger partial charge in [0.05, 0.1) is 43.0 Å². The zero-order chi connectivity index (χ0) is 27.6. The number of hydrogen-bond acceptors (Lipinski definition) is 8. The molecule has 2 aliphatic rings. The molecule has 1 unspecified atom stereocenters. The smallest absolute Gasteiger partial charge is 0.409 e. The number of Topliss-reactive ketones (excluding diaryl/α,β-unsaturated/α-hetero) is 1. The van der Waals surface area contributed by atoms with Gasteiger partial charge in [0.15, 0.2) is 11.5 Å². The van der Waals surface area contributed by atoms with Crippen LogP contribution in [0.25, 0.3) is 5.76 Å². The van der Waals surface area contributed by atoms with Crippen molar-refractivity contribution < 1.29 is 33.7 Å². The van der Waals surface area contributed by atoms with Crippen molar-refractivity contribution in [3.63, 3.8) is 0 Å². The Bertz CT molecular complexity index is 1280. The highest BCUT2D eigenvalue weighted by atomic mass is 35.5. The molecule has 2 aromatic rings. The molecule has 3 heterocycles. The summed E-state index contributed by atoms with van der Waals surface area (Å²) < 4.78 is 15.7. The lowest BCUT2D eigenvalue weighted by Crippen LogP contribution is -2.48. The second-order valence-corrected chi connectivity index (χ2v) is 9.48. The van der Waals surface area contributed by atoms with E-state index in [1.54, 1.807) is 30.2 Å². The minimum atomic E-state index is -0.938. The van der Waals surface area contributed by atoms with Crippen molar-refractivity contribution >= 4 is 46.7 Å². The molecule has 2 fully saturated rings. The van der Waals surface area contributed by atoms with Crippen molar-refractivity contribution in [3.8, 4) is 11.5 Å². The summed E-state index contributed by atoms with van der Waals surface area (Å²) in [5, 5.41) is 11.6. The van der Waals surface area contributed by atoms with Gasteiger partial charge in [0.2, 0.25) is 0 Å². The first kappa shape index (κ1) is 27.5. The Hall–Kier alpha value is -3.50. The molecule has 202 valence electrons. The van der Waals surface area contributed by atoms with E-state index < -0.39 is 29.6 Å². The molecule has 1 aromatic heterocycles. The molecule has 1 N–H and O–H groups in total. The Morgan fingerprint density at radius 1 is 1.16 bits per heavy atom. The number of ketones is 1. The van der Waals surface area contributed by atoms with Crippen LogP contribution in [0.15, 0.2) is 36.2 Å². The molecular formula is C26H27Cl2N3O7. The van der Waals surface area contributed by atoms with E-state index in [4.69, 9.17) is 37.4 Å². The number of aliphatic hydroxyl groups excluding tert-OH is 1. The van der Waals surface area contributed by atoms with Crippen LogP contribution in [0.4, 0.5) is 4.79 Å². The Morgan fingerprint density at radius 3 is 2.42 bits per heavy atom. The summed E-state index contributed by atoms with van der Waals surface area (Å²) in [4.78, 5) is 46.3. The van der Waals surface area contributed by atoms with Gasteiger partial charge in [0.25, 0.3) is 11.7 Å². The first-order valence-corrected chi connectivity index (χ1v) is 12.7. The number of piperidine rings is 1. The van der Waals surface area contributed by atoms with Gasteiger partial charge in [-0.1, -0.05) is 29.3 Å². The molecule has 2 aliphatic heterocycles. The predicted octanol–water partition coefficient (Wildman–Crippen LogP) is 4.45. The molecular weight excluding hydrogens is 537 g/mol. The number of pyridine rings is 1. The number of halogens is 2. The van der Waals surface area contributed by atoms with E-state index in [0.29, 0.717) is 31.5 Å². The number of aromatic nitrogens is 1. The molecule has 0 aliphatic carbocycles. The van der Waals surface area contributed by atoms with Crippen LogP contribution in [0.5, 0.6) is 11.5 Å². The fraction of sp³-hybridized carbons (Fsp3) is 0.385. The number of ether oxygens (including phenoxy) is 3. The summed E-state index contributed by atoms with van der Waals surface area (Å²) in [5.41, 5.74) is 0.421. The van der Waals surface area contributed by atoms with Crippen LogP contribution in [0.2, 0.25) is 10.0 Å². The van der Waals surface area contributed by atoms with Crippen LogP contribution in [0.1, 0.15) is 36.9 Å². The lowest BCUT2D eigenvalue weighted by atomic mass is 9.94. The fourth-order valence-electron chi connectivity index (χ4n) is 4.92. The first-order valence-electron chi connectivity index (χ1n) is 12.0. The van der Waals surface area contributed by atoms with E-state index in [9.17, 15) is 19.5 Å². The molecule has 0 saturated carbocycles. The number of hydrogen-bond donors (Lipinski definition) is 1. The molecule has 2 saturated heterocycles. The third kappa shape index (κ3) is 4.86. The maximum absolute atomic E-state index is 13.5. The second kappa shape index (κ2) is 11.5. The van der Waals surface area contributed by atoms with Crippen LogP contribution >= 0.6 is 23.2 Å². The Balaban J connectivity index is 1.81. The average molecular weight is 564 g/mol. The van der Waals surface area contributed by atoms with Crippen molar-refractivity contribution in [2.24, 2.45) is 0 Å². The first-order chi connectivity index (χ1) is 18.2. The fourth-order valence-corrected chi connectivity index (χ4v) is 5.61. The maximum atomic E-state index is 13.5. The highest BCUT2D eigenvalue weighted by Crippen LogP contribution is 2.48. The normalized spacial score (nSPS) is 19.6. The molecule has 4 rings (SSSR count). The highest BCUT2D eigenvalue weighted by Gasteiger charge is 2.50. The van der Waals surface area contributed by atoms with E-state index >= 15 is 0 Å². The van der Waals surface area contributed by atoms with E-state index in [0.717, 1.165) is 0 Å². The van der Waals surface area contributed by atoms with Gasteiger partial charge in [-0.2, -0.15) is 0 Å². The second-order valence-electron chi connectivity index (χ2n) is 8.70. The van der Waals surface area contributed by atoms with Gasteiger partial charge in [-0.3, -0.25) is 14.6 Å². The molecule has 10 nitrogen and oxygen atoms in total. The van der Waals surface area contributed by atoms with Gasteiger partial charge >= 0.3 is 6.09 Å². The molecule has 1 aromatic carbocycles. The van der Waals surface area contributed by atoms with Crippen LogP contribution < -0.4 is 9.47 Å². The zero-order valence-electron chi connectivity index (χ0n) is 21.1. The summed E-state index contributed by atoms with van der Waals surface area (Å²) in [6, 6.07) is 3.46. The van der Waals surface area contributed by atoms with E-state index in [2.05, 4.69) is 4.98 Å². The minimum Gasteiger partial charge on any atom is -0.507 e. The molecule has 0 spiro atoms. The SMILES string of the molecule is CCOC(=O)N1CCC(N2C(=O)C(=O)/C(=C(/O)c3cc(Cl)c(OC)c(Cl)c3OC)C2c2cccnc2)CC1. The lowest BCUT2D eigenvalue weighted by Gasteiger charge is -2.38. The van der Waals surface area contributed by atoms with Gasteiger partial charge < -0.3 is 29.1 Å². The Labute approximate surface area is 229 Å². The summed E-state index contributed by atoms with van der Waals surface area (Å²) in [6.45, 7) is 2.70. The number of carbonyl (C=O) groups is 3. The molecule has 2 amide bonds. The van der Waals surface area contributed by atoms with Crippen LogP contribution in [-0.2, 0) is 14.3 Å². The number of benzene rings is 1. The number of aliphatic hydroxyl groups is 1. The van der Waals surface area contributed by atoms with E-state index in [1.807, 2.05) is 0 Å². The standard InChI is InChI=1S/C26H27Cl2N3O7/c1-4-38-26(35)30-10-7-15(8-11-30)31-20(14-6-5-9-29-13-14)18(22(33)25(31)34)21(32)16-12-17(27)24(37-3)19(28)23(16)36-2/h5-6,9,12-13,15,20,32H,4,7-8,10-11H2,1-3H3/b21-18+. The number of likely N-dealkylation sites (tertiary alicyclic amines) is 2. The van der Waals surface area contributed by atoms with Gasteiger partial charge in [-0.15, -0.1) is 0 Å². The number of carbonyl (C=O) groups excluding carboxylic acids is 3. The van der Waals surface area contributed by atoms with Crippen molar-refractivity contribution in [3.05, 3.63) is 57.3 Å². The van der Waals surface area contributed by atoms with Crippen LogP contribution in [0.3, 0.4) is 0 Å². The van der Waals surface area contributed by atoms with Crippen molar-refractivity contribution in [2.45, 2.75) is 31.8 Å². The third-order valence-corrected chi connectivity index (χ3v) is 7.28. The zero-order valence-corrected chi connectivity index (χ0v) is 22.6. The van der Waals surface area contributed by atoms with Crippen molar-refractivity contribution in [2.75, 3.05) is 33.9 Å². The molecule has 0 radical (unpaired) electrons. The summed E-state index contributed by atoms with van der Waals surface area (Å²) in [7, 11) is 2.73. The third-order valence-electron chi connectivity index (χ3n) is 6.66. The van der Waals surface area contributed by atoms with E-state index in [-0.39, 0.29) is 45.3 Å². The molecule has 1 atom stereocenters. The lowest BCUT2D eigenvalue weighted by molar-refractivity contribution is -0.142. The molecule has 38 heavy (non-hydrogen) atoms. The minimum absolute atomic E-state index is 0.00236. The molecule has 0 bridgehead atoms. The average Bonchev–Trinajstić information content (AvgIpc) is 3.19. The van der Waals surface area contributed by atoms with Crippen molar-refractivity contribution in [1.29, 1.82) is 0 Å². The predicted molar refractivity (Wildman–Crippen MR) is 140 cm³/mol. The maximum Gasteiger partial charge on any atom is 0.409 e.